The van der Waals surface area contributed by atoms with Crippen LogP contribution in [0.4, 0.5) is 0 Å². The van der Waals surface area contributed by atoms with Gasteiger partial charge in [0.15, 0.2) is 0 Å². The monoisotopic (exact) mass is 205 g/mol. The number of phenols is 1. The Labute approximate surface area is 89.4 Å². The number of rotatable bonds is 3. The van der Waals surface area contributed by atoms with E-state index in [0.717, 1.165) is 0 Å². The smallest absolute Gasteiger partial charge is 0.251 e. The third kappa shape index (κ3) is 3.85. The number of amides is 1. The molecule has 0 aromatic heterocycles. The van der Waals surface area contributed by atoms with Crippen molar-refractivity contribution in [2.24, 2.45) is 0 Å². The van der Waals surface area contributed by atoms with Gasteiger partial charge < -0.3 is 10.4 Å². The van der Waals surface area contributed by atoms with Gasteiger partial charge in [0.05, 0.1) is 0 Å². The predicted molar refractivity (Wildman–Crippen MR) is 59.9 cm³/mol. The fourth-order valence-electron chi connectivity index (χ4n) is 1.06. The zero-order valence-corrected chi connectivity index (χ0v) is 8.95. The molecule has 3 nitrogen and oxygen atoms in total. The highest BCUT2D eigenvalue weighted by Crippen LogP contribution is 2.09. The number of allylic oxidation sites excluding steroid dienone is 1. The molecule has 0 aliphatic heterocycles. The number of carbonyl (C=O) groups is 1. The molecule has 0 saturated heterocycles. The molecule has 1 amide bonds. The first-order valence-electron chi connectivity index (χ1n) is 4.80. The SMILES string of the molecule is CC(C)=CCNC(=O)c1ccc(O)cc1. The molecule has 1 aromatic rings. The van der Waals surface area contributed by atoms with E-state index in [1.165, 1.54) is 17.7 Å². The standard InChI is InChI=1S/C12H15NO2/c1-9(2)7-8-13-12(15)10-3-5-11(14)6-4-10/h3-7,14H,8H2,1-2H3,(H,13,15). The summed E-state index contributed by atoms with van der Waals surface area (Å²) in [5.41, 5.74) is 1.72. The van der Waals surface area contributed by atoms with Crippen molar-refractivity contribution in [1.29, 1.82) is 0 Å². The van der Waals surface area contributed by atoms with Crippen molar-refractivity contribution in [3.05, 3.63) is 41.5 Å². The second-order valence-corrected chi connectivity index (χ2v) is 3.54. The number of hydrogen-bond donors (Lipinski definition) is 2. The van der Waals surface area contributed by atoms with Crippen LogP contribution in [0.15, 0.2) is 35.9 Å². The molecule has 0 fully saturated rings. The summed E-state index contributed by atoms with van der Waals surface area (Å²) >= 11 is 0. The van der Waals surface area contributed by atoms with E-state index in [4.69, 9.17) is 5.11 Å². The zero-order valence-electron chi connectivity index (χ0n) is 8.95. The molecular weight excluding hydrogens is 190 g/mol. The molecular formula is C12H15NO2. The molecule has 0 radical (unpaired) electrons. The normalized spacial score (nSPS) is 9.47. The Bertz CT molecular complexity index is 362. The van der Waals surface area contributed by atoms with Gasteiger partial charge in [0.1, 0.15) is 5.75 Å². The zero-order chi connectivity index (χ0) is 11.3. The van der Waals surface area contributed by atoms with Gasteiger partial charge in [-0.3, -0.25) is 4.79 Å². The number of hydrogen-bond acceptors (Lipinski definition) is 2. The van der Waals surface area contributed by atoms with Gasteiger partial charge in [0.2, 0.25) is 0 Å². The predicted octanol–water partition coefficient (Wildman–Crippen LogP) is 2.09. The molecule has 0 aliphatic rings. The van der Waals surface area contributed by atoms with Crippen LogP contribution in [-0.2, 0) is 0 Å². The molecule has 15 heavy (non-hydrogen) atoms. The van der Waals surface area contributed by atoms with E-state index in [0.29, 0.717) is 12.1 Å². The van der Waals surface area contributed by atoms with Crippen molar-refractivity contribution in [3.8, 4) is 5.75 Å². The van der Waals surface area contributed by atoms with Crippen molar-refractivity contribution in [2.45, 2.75) is 13.8 Å². The van der Waals surface area contributed by atoms with Gasteiger partial charge >= 0.3 is 0 Å². The first-order chi connectivity index (χ1) is 7.09. The van der Waals surface area contributed by atoms with Crippen LogP contribution in [0, 0.1) is 0 Å². The van der Waals surface area contributed by atoms with Gasteiger partial charge in [-0.2, -0.15) is 0 Å². The Morgan fingerprint density at radius 1 is 1.33 bits per heavy atom. The largest absolute Gasteiger partial charge is 0.508 e. The van der Waals surface area contributed by atoms with Gasteiger partial charge in [-0.05, 0) is 38.1 Å². The molecule has 1 aromatic carbocycles. The van der Waals surface area contributed by atoms with Crippen molar-refractivity contribution >= 4 is 5.91 Å². The lowest BCUT2D eigenvalue weighted by Gasteiger charge is -2.02. The number of phenolic OH excluding ortho intramolecular Hbond substituents is 1. The average molecular weight is 205 g/mol. The first-order valence-corrected chi connectivity index (χ1v) is 4.80. The van der Waals surface area contributed by atoms with Crippen molar-refractivity contribution < 1.29 is 9.90 Å². The number of benzene rings is 1. The Kier molecular flexibility index (Phi) is 3.92. The van der Waals surface area contributed by atoms with E-state index in [1.807, 2.05) is 19.9 Å². The number of nitrogens with one attached hydrogen (secondary N) is 1. The lowest BCUT2D eigenvalue weighted by Crippen LogP contribution is -2.23. The summed E-state index contributed by atoms with van der Waals surface area (Å²) in [5.74, 6) is 0.0309. The summed E-state index contributed by atoms with van der Waals surface area (Å²) in [6.45, 7) is 4.49. The van der Waals surface area contributed by atoms with E-state index in [2.05, 4.69) is 5.32 Å². The van der Waals surface area contributed by atoms with Crippen LogP contribution in [0.2, 0.25) is 0 Å². The summed E-state index contributed by atoms with van der Waals surface area (Å²) in [5, 5.41) is 11.8. The van der Waals surface area contributed by atoms with Crippen LogP contribution >= 0.6 is 0 Å². The van der Waals surface area contributed by atoms with Crippen molar-refractivity contribution in [2.75, 3.05) is 6.54 Å². The van der Waals surface area contributed by atoms with E-state index >= 15 is 0 Å². The Morgan fingerprint density at radius 2 is 1.93 bits per heavy atom. The second-order valence-electron chi connectivity index (χ2n) is 3.54. The highest BCUT2D eigenvalue weighted by molar-refractivity contribution is 5.94. The number of carbonyl (C=O) groups excluding carboxylic acids is 1. The maximum Gasteiger partial charge on any atom is 0.251 e. The molecule has 0 bridgehead atoms. The average Bonchev–Trinajstić information content (AvgIpc) is 2.18. The topological polar surface area (TPSA) is 49.3 Å². The van der Waals surface area contributed by atoms with Crippen LogP contribution in [0.25, 0.3) is 0 Å². The highest BCUT2D eigenvalue weighted by atomic mass is 16.3. The van der Waals surface area contributed by atoms with Crippen LogP contribution in [0.5, 0.6) is 5.75 Å². The molecule has 0 aliphatic carbocycles. The lowest BCUT2D eigenvalue weighted by molar-refractivity contribution is 0.0958. The van der Waals surface area contributed by atoms with Gasteiger partial charge in [0.25, 0.3) is 5.91 Å². The Balaban J connectivity index is 2.54. The third-order valence-corrected chi connectivity index (χ3v) is 1.90. The minimum absolute atomic E-state index is 0.132. The minimum atomic E-state index is -0.132. The highest BCUT2D eigenvalue weighted by Gasteiger charge is 2.02. The summed E-state index contributed by atoms with van der Waals surface area (Å²) in [4.78, 5) is 11.5. The summed E-state index contributed by atoms with van der Waals surface area (Å²) in [6, 6.07) is 6.17. The molecule has 0 saturated carbocycles. The lowest BCUT2D eigenvalue weighted by atomic mass is 10.2. The minimum Gasteiger partial charge on any atom is -0.508 e. The number of aromatic hydroxyl groups is 1. The van der Waals surface area contributed by atoms with Gasteiger partial charge in [-0.15, -0.1) is 0 Å². The molecule has 0 unspecified atom stereocenters. The molecule has 0 atom stereocenters. The van der Waals surface area contributed by atoms with Crippen LogP contribution in [-0.4, -0.2) is 17.6 Å². The molecule has 0 spiro atoms. The van der Waals surface area contributed by atoms with Crippen LogP contribution in [0.3, 0.4) is 0 Å². The van der Waals surface area contributed by atoms with E-state index < -0.39 is 0 Å². The first kappa shape index (κ1) is 11.3. The summed E-state index contributed by atoms with van der Waals surface area (Å²) in [6.07, 6.45) is 1.94. The van der Waals surface area contributed by atoms with Crippen LogP contribution in [0.1, 0.15) is 24.2 Å². The summed E-state index contributed by atoms with van der Waals surface area (Å²) < 4.78 is 0. The molecule has 80 valence electrons. The van der Waals surface area contributed by atoms with E-state index in [-0.39, 0.29) is 11.7 Å². The third-order valence-electron chi connectivity index (χ3n) is 1.90. The molecule has 3 heteroatoms. The van der Waals surface area contributed by atoms with E-state index in [1.54, 1.807) is 12.1 Å². The van der Waals surface area contributed by atoms with Crippen molar-refractivity contribution in [3.63, 3.8) is 0 Å². The Morgan fingerprint density at radius 3 is 2.47 bits per heavy atom. The summed E-state index contributed by atoms with van der Waals surface area (Å²) in [7, 11) is 0. The molecule has 2 N–H and O–H groups in total. The van der Waals surface area contributed by atoms with Gasteiger partial charge in [-0.25, -0.2) is 0 Å². The second kappa shape index (κ2) is 5.20. The van der Waals surface area contributed by atoms with Gasteiger partial charge in [0, 0.05) is 12.1 Å². The Hall–Kier alpha value is -1.77. The maximum absolute atomic E-state index is 11.5. The maximum atomic E-state index is 11.5. The molecule has 1 rings (SSSR count). The van der Waals surface area contributed by atoms with E-state index in [9.17, 15) is 4.79 Å². The fourth-order valence-corrected chi connectivity index (χ4v) is 1.06. The fraction of sp³-hybridized carbons (Fsp3) is 0.250. The molecule has 0 heterocycles. The van der Waals surface area contributed by atoms with Crippen LogP contribution < -0.4 is 5.32 Å². The van der Waals surface area contributed by atoms with Crippen molar-refractivity contribution in [1.82, 2.24) is 5.32 Å². The quantitative estimate of drug-likeness (QED) is 0.742. The van der Waals surface area contributed by atoms with Gasteiger partial charge in [-0.1, -0.05) is 11.6 Å².